The lowest BCUT2D eigenvalue weighted by atomic mass is 9.86. The molecule has 0 aliphatic carbocycles. The van der Waals surface area contributed by atoms with Gasteiger partial charge in [0.15, 0.2) is 0 Å². The standard InChI is InChI=1S/C15H13Br2NO2/c1-10(18(19)20)15(11-2-6-13(16)7-3-11)12-4-8-14(17)9-5-12/h2-10,15H,1H3. The third-order valence-electron chi connectivity index (χ3n) is 3.27. The molecule has 0 heterocycles. The van der Waals surface area contributed by atoms with E-state index in [1.165, 1.54) is 0 Å². The average molecular weight is 399 g/mol. The molecule has 0 fully saturated rings. The van der Waals surface area contributed by atoms with Crippen LogP contribution in [0.3, 0.4) is 0 Å². The Morgan fingerprint density at radius 3 is 1.55 bits per heavy atom. The number of halogens is 2. The second-order valence-corrected chi connectivity index (χ2v) is 6.44. The molecule has 0 aromatic heterocycles. The van der Waals surface area contributed by atoms with Gasteiger partial charge in [-0.2, -0.15) is 0 Å². The lowest BCUT2D eigenvalue weighted by Gasteiger charge is -2.19. The minimum atomic E-state index is -0.683. The van der Waals surface area contributed by atoms with E-state index in [9.17, 15) is 10.1 Å². The minimum Gasteiger partial charge on any atom is -0.264 e. The molecule has 0 aliphatic heterocycles. The summed E-state index contributed by atoms with van der Waals surface area (Å²) in [5.41, 5.74) is 1.89. The third-order valence-corrected chi connectivity index (χ3v) is 4.33. The molecular weight excluding hydrogens is 386 g/mol. The largest absolute Gasteiger partial charge is 0.264 e. The Bertz CT molecular complexity index is 551. The summed E-state index contributed by atoms with van der Waals surface area (Å²) in [6.45, 7) is 1.65. The van der Waals surface area contributed by atoms with Crippen LogP contribution in [0.15, 0.2) is 57.5 Å². The fraction of sp³-hybridized carbons (Fsp3) is 0.200. The Hall–Kier alpha value is -1.20. The van der Waals surface area contributed by atoms with Gasteiger partial charge in [-0.05, 0) is 35.4 Å². The maximum atomic E-state index is 11.2. The molecule has 20 heavy (non-hydrogen) atoms. The first kappa shape index (κ1) is 15.2. The molecule has 0 spiro atoms. The van der Waals surface area contributed by atoms with Gasteiger partial charge in [-0.25, -0.2) is 0 Å². The van der Waals surface area contributed by atoms with Crippen molar-refractivity contribution in [2.24, 2.45) is 0 Å². The van der Waals surface area contributed by atoms with Crippen molar-refractivity contribution in [1.29, 1.82) is 0 Å². The lowest BCUT2D eigenvalue weighted by Crippen LogP contribution is -2.25. The van der Waals surface area contributed by atoms with Gasteiger partial charge in [-0.15, -0.1) is 0 Å². The number of nitrogens with zero attached hydrogens (tertiary/aromatic N) is 1. The van der Waals surface area contributed by atoms with Gasteiger partial charge in [0.2, 0.25) is 6.04 Å². The van der Waals surface area contributed by atoms with Crippen molar-refractivity contribution in [3.8, 4) is 0 Å². The van der Waals surface area contributed by atoms with Crippen LogP contribution in [0, 0.1) is 10.1 Å². The fourth-order valence-electron chi connectivity index (χ4n) is 2.21. The zero-order chi connectivity index (χ0) is 14.7. The van der Waals surface area contributed by atoms with Crippen molar-refractivity contribution in [1.82, 2.24) is 0 Å². The average Bonchev–Trinajstić information content (AvgIpc) is 2.43. The molecule has 3 nitrogen and oxygen atoms in total. The summed E-state index contributed by atoms with van der Waals surface area (Å²) in [6, 6.07) is 14.7. The van der Waals surface area contributed by atoms with Crippen molar-refractivity contribution in [2.45, 2.75) is 18.9 Å². The second kappa shape index (κ2) is 6.50. The molecule has 0 aliphatic rings. The molecule has 1 atom stereocenters. The van der Waals surface area contributed by atoms with Gasteiger partial charge in [-0.1, -0.05) is 56.1 Å². The van der Waals surface area contributed by atoms with Crippen LogP contribution in [0.25, 0.3) is 0 Å². The Morgan fingerprint density at radius 2 is 1.25 bits per heavy atom. The Morgan fingerprint density at radius 1 is 0.900 bits per heavy atom. The summed E-state index contributed by atoms with van der Waals surface area (Å²) < 4.78 is 1.93. The maximum absolute atomic E-state index is 11.2. The first-order valence-corrected chi connectivity index (χ1v) is 7.72. The van der Waals surface area contributed by atoms with Crippen LogP contribution in [0.4, 0.5) is 0 Å². The summed E-state index contributed by atoms with van der Waals surface area (Å²) in [7, 11) is 0. The number of hydrogen-bond donors (Lipinski definition) is 0. The highest BCUT2D eigenvalue weighted by atomic mass is 79.9. The summed E-state index contributed by atoms with van der Waals surface area (Å²) in [5.74, 6) is -0.258. The molecule has 0 bridgehead atoms. The molecule has 2 aromatic carbocycles. The van der Waals surface area contributed by atoms with Crippen molar-refractivity contribution in [2.75, 3.05) is 0 Å². The molecule has 104 valence electrons. The predicted octanol–water partition coefficient (Wildman–Crippen LogP) is 5.01. The lowest BCUT2D eigenvalue weighted by molar-refractivity contribution is -0.520. The van der Waals surface area contributed by atoms with Crippen LogP contribution in [-0.4, -0.2) is 11.0 Å². The molecule has 0 N–H and O–H groups in total. The zero-order valence-electron chi connectivity index (χ0n) is 10.8. The van der Waals surface area contributed by atoms with E-state index in [2.05, 4.69) is 31.9 Å². The zero-order valence-corrected chi connectivity index (χ0v) is 14.0. The Balaban J connectivity index is 2.46. The summed E-state index contributed by atoms with van der Waals surface area (Å²) in [5, 5.41) is 11.2. The molecule has 2 aromatic rings. The first-order chi connectivity index (χ1) is 9.49. The van der Waals surface area contributed by atoms with E-state index >= 15 is 0 Å². The number of hydrogen-bond acceptors (Lipinski definition) is 2. The van der Waals surface area contributed by atoms with Gasteiger partial charge in [0.1, 0.15) is 0 Å². The highest BCUT2D eigenvalue weighted by Crippen LogP contribution is 2.31. The summed E-state index contributed by atoms with van der Waals surface area (Å²) in [4.78, 5) is 11.0. The van der Waals surface area contributed by atoms with E-state index < -0.39 is 6.04 Å². The topological polar surface area (TPSA) is 43.1 Å². The van der Waals surface area contributed by atoms with Gasteiger partial charge >= 0.3 is 0 Å². The molecule has 0 amide bonds. The van der Waals surface area contributed by atoms with E-state index in [0.29, 0.717) is 0 Å². The predicted molar refractivity (Wildman–Crippen MR) is 86.6 cm³/mol. The molecule has 2 rings (SSSR count). The van der Waals surface area contributed by atoms with Crippen LogP contribution in [0.1, 0.15) is 24.0 Å². The van der Waals surface area contributed by atoms with E-state index in [4.69, 9.17) is 0 Å². The quantitative estimate of drug-likeness (QED) is 0.536. The van der Waals surface area contributed by atoms with Gasteiger partial charge in [-0.3, -0.25) is 10.1 Å². The molecule has 5 heteroatoms. The smallest absolute Gasteiger partial charge is 0.221 e. The molecular formula is C15H13Br2NO2. The molecule has 0 radical (unpaired) electrons. The molecule has 0 saturated carbocycles. The molecule has 1 unspecified atom stereocenters. The van der Waals surface area contributed by atoms with Crippen LogP contribution < -0.4 is 0 Å². The van der Waals surface area contributed by atoms with Gasteiger partial charge in [0, 0.05) is 20.8 Å². The van der Waals surface area contributed by atoms with Crippen molar-refractivity contribution in [3.05, 3.63) is 78.7 Å². The minimum absolute atomic E-state index is 0.227. The van der Waals surface area contributed by atoms with Crippen LogP contribution >= 0.6 is 31.9 Å². The summed E-state index contributed by atoms with van der Waals surface area (Å²) >= 11 is 6.77. The van der Waals surface area contributed by atoms with Crippen LogP contribution in [0.2, 0.25) is 0 Å². The van der Waals surface area contributed by atoms with E-state index in [0.717, 1.165) is 20.1 Å². The van der Waals surface area contributed by atoms with Crippen LogP contribution in [-0.2, 0) is 0 Å². The van der Waals surface area contributed by atoms with E-state index in [1.54, 1.807) is 6.92 Å². The SMILES string of the molecule is CC(C(c1ccc(Br)cc1)c1ccc(Br)cc1)[N+](=O)[O-]. The van der Waals surface area contributed by atoms with Gasteiger partial charge in [0.05, 0.1) is 5.92 Å². The Labute approximate surface area is 134 Å². The number of benzene rings is 2. The highest BCUT2D eigenvalue weighted by molar-refractivity contribution is 9.10. The third kappa shape index (κ3) is 3.46. The first-order valence-electron chi connectivity index (χ1n) is 6.13. The highest BCUT2D eigenvalue weighted by Gasteiger charge is 2.29. The maximum Gasteiger partial charge on any atom is 0.221 e. The van der Waals surface area contributed by atoms with Crippen LogP contribution in [0.5, 0.6) is 0 Å². The van der Waals surface area contributed by atoms with Gasteiger partial charge in [0.25, 0.3) is 0 Å². The van der Waals surface area contributed by atoms with Gasteiger partial charge < -0.3 is 0 Å². The Kier molecular flexibility index (Phi) is 4.94. The van der Waals surface area contributed by atoms with Crippen molar-refractivity contribution >= 4 is 31.9 Å². The normalized spacial score (nSPS) is 12.4. The van der Waals surface area contributed by atoms with E-state index in [1.807, 2.05) is 48.5 Å². The summed E-state index contributed by atoms with van der Waals surface area (Å²) in [6.07, 6.45) is 0. The second-order valence-electron chi connectivity index (χ2n) is 4.61. The molecule has 0 saturated heterocycles. The monoisotopic (exact) mass is 397 g/mol. The number of nitro groups is 1. The van der Waals surface area contributed by atoms with E-state index in [-0.39, 0.29) is 10.8 Å². The van der Waals surface area contributed by atoms with Crippen molar-refractivity contribution < 1.29 is 4.92 Å². The van der Waals surface area contributed by atoms with Crippen molar-refractivity contribution in [3.63, 3.8) is 0 Å². The fourth-order valence-corrected chi connectivity index (χ4v) is 2.74. The number of rotatable bonds is 4.